The summed E-state index contributed by atoms with van der Waals surface area (Å²) in [6.07, 6.45) is 5.74. The molecule has 12 nitrogen and oxygen atoms in total. The zero-order valence-electron chi connectivity index (χ0n) is 27.9. The summed E-state index contributed by atoms with van der Waals surface area (Å²) >= 11 is 7.13. The number of benzene rings is 1. The first-order valence-electron chi connectivity index (χ1n) is 16.2. The van der Waals surface area contributed by atoms with Crippen molar-refractivity contribution in [1.29, 1.82) is 0 Å². The highest BCUT2D eigenvalue weighted by atomic mass is 35.5. The standard InChI is InChI=1S/C35H38ClFN8O4S/c1-5-29(46)45-16-15-44(20-21(45)2)32-26(43-13-11-35(3,48)12-14-43)17-22(18-38-32)25-9-10-27(49-4)31(40-25)42-34-39-19-28(50-34)33(47)41-30-23(36)7-6-8-24(30)37/h5-10,17-19,21,48H,1,11-16,20H2,2-4H3,(H,41,47)(H,39,40,42). The normalized spacial score (nSPS) is 17.3. The van der Waals surface area contributed by atoms with Crippen molar-refractivity contribution < 1.29 is 23.8 Å². The third kappa shape index (κ3) is 7.52. The van der Waals surface area contributed by atoms with E-state index in [1.165, 1.54) is 37.6 Å². The van der Waals surface area contributed by atoms with Crippen molar-refractivity contribution >= 4 is 62.9 Å². The quantitative estimate of drug-likeness (QED) is 0.178. The molecule has 4 aromatic rings. The minimum absolute atomic E-state index is 0.0303. The molecule has 1 aromatic carbocycles. The molecule has 2 saturated heterocycles. The Morgan fingerprint density at radius 2 is 1.92 bits per heavy atom. The number of thiazole rings is 1. The number of rotatable bonds is 9. The molecule has 0 spiro atoms. The number of anilines is 5. The van der Waals surface area contributed by atoms with Gasteiger partial charge in [0.15, 0.2) is 22.5 Å². The molecule has 2 fully saturated rings. The number of carbonyl (C=O) groups excluding carboxylic acids is 2. The Labute approximate surface area is 298 Å². The molecule has 5 heterocycles. The Morgan fingerprint density at radius 1 is 1.14 bits per heavy atom. The molecule has 2 amide bonds. The van der Waals surface area contributed by atoms with E-state index in [1.807, 2.05) is 24.8 Å². The van der Waals surface area contributed by atoms with Crippen molar-refractivity contribution in [2.75, 3.05) is 60.3 Å². The van der Waals surface area contributed by atoms with E-state index in [1.54, 1.807) is 12.3 Å². The van der Waals surface area contributed by atoms with Gasteiger partial charge in [-0.15, -0.1) is 0 Å². The Balaban J connectivity index is 1.27. The van der Waals surface area contributed by atoms with Gasteiger partial charge in [0.05, 0.1) is 41.0 Å². The smallest absolute Gasteiger partial charge is 0.267 e. The number of halogens is 2. The van der Waals surface area contributed by atoms with Crippen molar-refractivity contribution in [3.05, 3.63) is 77.2 Å². The van der Waals surface area contributed by atoms with Crippen LogP contribution in [-0.2, 0) is 4.79 Å². The summed E-state index contributed by atoms with van der Waals surface area (Å²) in [5.74, 6) is 0.354. The average molecular weight is 721 g/mol. The van der Waals surface area contributed by atoms with Gasteiger partial charge < -0.3 is 35.2 Å². The molecule has 2 aliphatic heterocycles. The van der Waals surface area contributed by atoms with Crippen molar-refractivity contribution in [3.8, 4) is 17.0 Å². The molecule has 0 bridgehead atoms. The number of piperidine rings is 1. The number of methoxy groups -OCH3 is 1. The highest BCUT2D eigenvalue weighted by Crippen LogP contribution is 2.38. The minimum atomic E-state index is -0.730. The van der Waals surface area contributed by atoms with E-state index in [2.05, 4.69) is 38.1 Å². The van der Waals surface area contributed by atoms with Gasteiger partial charge in [-0.2, -0.15) is 0 Å². The van der Waals surface area contributed by atoms with Gasteiger partial charge in [-0.3, -0.25) is 9.59 Å². The van der Waals surface area contributed by atoms with E-state index < -0.39 is 17.3 Å². The van der Waals surface area contributed by atoms with Crippen LogP contribution in [0.1, 0.15) is 36.4 Å². The van der Waals surface area contributed by atoms with E-state index >= 15 is 0 Å². The Hall–Kier alpha value is -4.79. The number of amides is 2. The first-order chi connectivity index (χ1) is 24.0. The molecule has 2 aliphatic rings. The molecule has 3 aromatic heterocycles. The first-order valence-corrected chi connectivity index (χ1v) is 17.3. The second kappa shape index (κ2) is 14.6. The molecular formula is C35H38ClFN8O4S. The van der Waals surface area contributed by atoms with E-state index in [9.17, 15) is 19.1 Å². The number of nitrogens with one attached hydrogen (secondary N) is 2. The lowest BCUT2D eigenvalue weighted by Crippen LogP contribution is -2.54. The Morgan fingerprint density at radius 3 is 2.62 bits per heavy atom. The number of piperazine rings is 1. The molecule has 262 valence electrons. The lowest BCUT2D eigenvalue weighted by Gasteiger charge is -2.43. The van der Waals surface area contributed by atoms with Gasteiger partial charge in [-0.1, -0.05) is 35.6 Å². The first kappa shape index (κ1) is 35.1. The molecule has 6 rings (SSSR count). The van der Waals surface area contributed by atoms with Crippen LogP contribution < -0.4 is 25.2 Å². The maximum atomic E-state index is 14.2. The maximum Gasteiger partial charge on any atom is 0.267 e. The molecule has 50 heavy (non-hydrogen) atoms. The second-order valence-electron chi connectivity index (χ2n) is 12.5. The number of pyridine rings is 2. The molecule has 15 heteroatoms. The van der Waals surface area contributed by atoms with Gasteiger partial charge in [-0.05, 0) is 63.1 Å². The number of hydrogen-bond donors (Lipinski definition) is 3. The van der Waals surface area contributed by atoms with E-state index in [0.29, 0.717) is 68.0 Å². The fraction of sp³-hybridized carbons (Fsp3) is 0.343. The summed E-state index contributed by atoms with van der Waals surface area (Å²) in [4.78, 5) is 45.9. The number of carbonyl (C=O) groups is 2. The summed E-state index contributed by atoms with van der Waals surface area (Å²) in [7, 11) is 1.53. The highest BCUT2D eigenvalue weighted by molar-refractivity contribution is 7.17. The number of aliphatic hydroxyl groups is 1. The molecule has 1 unspecified atom stereocenters. The van der Waals surface area contributed by atoms with Gasteiger partial charge in [0.1, 0.15) is 10.7 Å². The summed E-state index contributed by atoms with van der Waals surface area (Å²) in [6, 6.07) is 9.82. The van der Waals surface area contributed by atoms with Crippen LogP contribution in [0, 0.1) is 5.82 Å². The number of ether oxygens (including phenoxy) is 1. The molecule has 0 saturated carbocycles. The van der Waals surface area contributed by atoms with Crippen LogP contribution in [0.3, 0.4) is 0 Å². The van der Waals surface area contributed by atoms with Gasteiger partial charge in [-0.25, -0.2) is 19.3 Å². The summed E-state index contributed by atoms with van der Waals surface area (Å²) in [5, 5.41) is 16.8. The molecule has 3 N–H and O–H groups in total. The van der Waals surface area contributed by atoms with Gasteiger partial charge >= 0.3 is 0 Å². The van der Waals surface area contributed by atoms with Crippen LogP contribution >= 0.6 is 22.9 Å². The van der Waals surface area contributed by atoms with Crippen LogP contribution in [0.2, 0.25) is 5.02 Å². The van der Waals surface area contributed by atoms with Crippen molar-refractivity contribution in [3.63, 3.8) is 0 Å². The van der Waals surface area contributed by atoms with Gasteiger partial charge in [0, 0.05) is 50.5 Å². The maximum absolute atomic E-state index is 14.2. The van der Waals surface area contributed by atoms with Gasteiger partial charge in [0.25, 0.3) is 5.91 Å². The lowest BCUT2D eigenvalue weighted by molar-refractivity contribution is -0.128. The Kier molecular flexibility index (Phi) is 10.2. The largest absolute Gasteiger partial charge is 0.493 e. The summed E-state index contributed by atoms with van der Waals surface area (Å²) in [5.41, 5.74) is 1.47. The second-order valence-corrected chi connectivity index (χ2v) is 14.0. The van der Waals surface area contributed by atoms with E-state index in [4.69, 9.17) is 26.3 Å². The monoisotopic (exact) mass is 720 g/mol. The molecular weight excluding hydrogens is 683 g/mol. The van der Waals surface area contributed by atoms with Crippen LogP contribution in [0.15, 0.2) is 61.4 Å². The van der Waals surface area contributed by atoms with Crippen LogP contribution in [0.5, 0.6) is 5.75 Å². The highest BCUT2D eigenvalue weighted by Gasteiger charge is 2.32. The minimum Gasteiger partial charge on any atom is -0.493 e. The molecule has 0 radical (unpaired) electrons. The Bertz CT molecular complexity index is 1890. The number of hydrogen-bond acceptors (Lipinski definition) is 11. The van der Waals surface area contributed by atoms with Gasteiger partial charge in [0.2, 0.25) is 5.91 Å². The number of para-hydroxylation sites is 1. The predicted molar refractivity (Wildman–Crippen MR) is 194 cm³/mol. The van der Waals surface area contributed by atoms with E-state index in [-0.39, 0.29) is 27.5 Å². The van der Waals surface area contributed by atoms with Crippen LogP contribution in [-0.4, -0.2) is 88.2 Å². The van der Waals surface area contributed by atoms with E-state index in [0.717, 1.165) is 28.4 Å². The van der Waals surface area contributed by atoms with Crippen LogP contribution in [0.4, 0.5) is 32.5 Å². The third-order valence-corrected chi connectivity index (χ3v) is 10.2. The third-order valence-electron chi connectivity index (χ3n) is 8.94. The van der Waals surface area contributed by atoms with Crippen molar-refractivity contribution in [2.24, 2.45) is 0 Å². The zero-order valence-corrected chi connectivity index (χ0v) is 29.5. The summed E-state index contributed by atoms with van der Waals surface area (Å²) < 4.78 is 19.8. The van der Waals surface area contributed by atoms with Crippen molar-refractivity contribution in [2.45, 2.75) is 38.3 Å². The lowest BCUT2D eigenvalue weighted by atomic mass is 9.93. The fourth-order valence-corrected chi connectivity index (χ4v) is 7.00. The number of aromatic nitrogens is 3. The predicted octanol–water partition coefficient (Wildman–Crippen LogP) is 5.97. The molecule has 1 atom stereocenters. The van der Waals surface area contributed by atoms with Crippen LogP contribution in [0.25, 0.3) is 11.3 Å². The SMILES string of the molecule is C=CC(=O)N1CCN(c2ncc(-c3ccc(OC)c(Nc4ncc(C(=O)Nc5c(F)cccc5Cl)s4)n3)cc2N2CCC(C)(O)CC2)CC1C. The zero-order chi connectivity index (χ0) is 35.6. The average Bonchev–Trinajstić information content (AvgIpc) is 3.58. The molecule has 0 aliphatic carbocycles. The summed E-state index contributed by atoms with van der Waals surface area (Å²) in [6.45, 7) is 10.6. The topological polar surface area (TPSA) is 136 Å². The van der Waals surface area contributed by atoms with Crippen molar-refractivity contribution in [1.82, 2.24) is 19.9 Å². The fourth-order valence-electron chi connectivity index (χ4n) is 6.08. The number of nitrogens with zero attached hydrogens (tertiary/aromatic N) is 6.